The maximum atomic E-state index is 4.98. The quantitative estimate of drug-likeness (QED) is 0.393. The molecule has 1 aromatic rings. The van der Waals surface area contributed by atoms with Crippen LogP contribution in [0.25, 0.3) is 0 Å². The van der Waals surface area contributed by atoms with Crippen molar-refractivity contribution in [3.05, 3.63) is 17.5 Å². The van der Waals surface area contributed by atoms with Crippen molar-refractivity contribution in [1.82, 2.24) is 4.98 Å². The number of aromatic nitrogens is 2. The topological polar surface area (TPSA) is 16.8 Å². The molecule has 1 rings (SSSR count). The minimum atomic E-state index is 0. The minimum Gasteiger partial charge on any atom is -0.688 e. The fourth-order valence-corrected chi connectivity index (χ4v) is 1.10. The number of aryl methyl sites for hydroxylation is 2. The molecule has 0 aliphatic carbocycles. The van der Waals surface area contributed by atoms with Gasteiger partial charge in [-0.1, -0.05) is 12.4 Å². The minimum absolute atomic E-state index is 0. The Bertz CT molecular complexity index is 240. The van der Waals surface area contributed by atoms with Crippen LogP contribution in [0.1, 0.15) is 18.8 Å². The zero-order valence-corrected chi connectivity index (χ0v) is 10.6. The normalized spacial score (nSPS) is 8.25. The molecule has 0 fully saturated rings. The molecule has 0 spiro atoms. The summed E-state index contributed by atoms with van der Waals surface area (Å²) < 4.78 is 1.89. The van der Waals surface area contributed by atoms with E-state index in [1.807, 2.05) is 31.5 Å². The molecule has 2 nitrogen and oxygen atoms in total. The molecule has 0 bridgehead atoms. The van der Waals surface area contributed by atoms with E-state index in [-0.39, 0.29) is 40.1 Å². The summed E-state index contributed by atoms with van der Waals surface area (Å²) in [6.45, 7) is 3.97. The zero-order valence-electron chi connectivity index (χ0n) is 6.96. The van der Waals surface area contributed by atoms with Crippen molar-refractivity contribution in [2.45, 2.75) is 26.4 Å². The van der Waals surface area contributed by atoms with Gasteiger partial charge >= 0.3 is 0 Å². The van der Waals surface area contributed by atoms with Crippen LogP contribution in [0.4, 0.5) is 0 Å². The van der Waals surface area contributed by atoms with Gasteiger partial charge in [0.2, 0.25) is 0 Å². The Kier molecular flexibility index (Phi) is 7.39. The van der Waals surface area contributed by atoms with Crippen LogP contribution in [0.5, 0.6) is 0 Å². The number of nitrogens with zero attached hydrogens (tertiary/aromatic N) is 2. The van der Waals surface area contributed by atoms with Gasteiger partial charge in [-0.05, 0) is 6.92 Å². The van der Waals surface area contributed by atoms with Crippen molar-refractivity contribution in [2.24, 2.45) is 7.05 Å². The van der Waals surface area contributed by atoms with Gasteiger partial charge in [0.05, 0.1) is 7.05 Å². The van der Waals surface area contributed by atoms with E-state index in [1.54, 1.807) is 0 Å². The van der Waals surface area contributed by atoms with Crippen molar-refractivity contribution in [2.75, 3.05) is 0 Å². The first-order valence-electron chi connectivity index (χ1n) is 3.12. The van der Waals surface area contributed by atoms with Gasteiger partial charge in [0.25, 0.3) is 0 Å². The van der Waals surface area contributed by atoms with Gasteiger partial charge in [-0.25, -0.2) is 0 Å². The van der Waals surface area contributed by atoms with Crippen LogP contribution in [0.3, 0.4) is 0 Å². The molecule has 0 unspecified atom stereocenters. The third kappa shape index (κ3) is 3.42. The predicted octanol–water partition coefficient (Wildman–Crippen LogP) is 1.06. The smallest absolute Gasteiger partial charge is 0.181 e. The van der Waals surface area contributed by atoms with Gasteiger partial charge in [-0.3, -0.25) is 4.57 Å². The third-order valence-electron chi connectivity index (χ3n) is 1.51. The van der Waals surface area contributed by atoms with E-state index in [0.717, 1.165) is 11.4 Å². The van der Waals surface area contributed by atoms with Crippen LogP contribution in [0, 0.1) is 13.8 Å². The predicted molar refractivity (Wildman–Crippen MR) is 47.2 cm³/mol. The van der Waals surface area contributed by atoms with Gasteiger partial charge in [0.1, 0.15) is 5.69 Å². The second-order valence-corrected chi connectivity index (χ2v) is 2.75. The van der Waals surface area contributed by atoms with E-state index in [0.29, 0.717) is 5.16 Å². The van der Waals surface area contributed by atoms with Crippen LogP contribution < -0.4 is 4.57 Å². The van der Waals surface area contributed by atoms with E-state index >= 15 is 0 Å². The van der Waals surface area contributed by atoms with Crippen LogP contribution >= 0.6 is 0 Å². The summed E-state index contributed by atoms with van der Waals surface area (Å²) in [6.07, 6.45) is 0. The Balaban J connectivity index is 0. The van der Waals surface area contributed by atoms with E-state index in [2.05, 4.69) is 4.98 Å². The fourth-order valence-electron chi connectivity index (χ4n) is 0.808. The van der Waals surface area contributed by atoms with Crippen molar-refractivity contribution < 1.29 is 37.3 Å². The molecule has 0 aliphatic heterocycles. The first-order chi connectivity index (χ1) is 4.61. The molecule has 0 saturated heterocycles. The summed E-state index contributed by atoms with van der Waals surface area (Å²) in [4.78, 5) is 4.11. The Morgan fingerprint density at radius 3 is 2.33 bits per heavy atom. The summed E-state index contributed by atoms with van der Waals surface area (Å²) in [7, 11) is 1.92. The van der Waals surface area contributed by atoms with Crippen molar-refractivity contribution >= 4 is 12.6 Å². The average molecular weight is 259 g/mol. The first kappa shape index (κ1) is 14.9. The van der Waals surface area contributed by atoms with Gasteiger partial charge in [0.15, 0.2) is 10.9 Å². The molecule has 0 saturated carbocycles. The molecule has 1 radical (unpaired) electrons. The Hall–Kier alpha value is 0.404. The summed E-state index contributed by atoms with van der Waals surface area (Å²) in [5.74, 6) is 0. The molecule has 0 aliphatic rings. The number of hydrogen-bond acceptors (Lipinski definition) is 2. The van der Waals surface area contributed by atoms with E-state index in [1.165, 1.54) is 0 Å². The van der Waals surface area contributed by atoms with E-state index < -0.39 is 0 Å². The summed E-state index contributed by atoms with van der Waals surface area (Å²) in [6, 6.07) is 2.01. The summed E-state index contributed by atoms with van der Waals surface area (Å²) in [5.41, 5.74) is 2.14. The van der Waals surface area contributed by atoms with E-state index in [4.69, 9.17) is 12.6 Å². The number of rotatable bonds is 0. The van der Waals surface area contributed by atoms with Crippen molar-refractivity contribution in [1.29, 1.82) is 0 Å². The first-order valence-corrected chi connectivity index (χ1v) is 3.53. The monoisotopic (exact) mass is 259 g/mol. The molecule has 4 heteroatoms. The van der Waals surface area contributed by atoms with Crippen LogP contribution in [-0.2, 0) is 52.4 Å². The standard InChI is InChI=1S/C7H10N2S.CH4.Y/c1-5-4-6(2)9(3)7(10)8-5;;/h4H,1-3H3;1H4;. The SMILES string of the molecule is C.Cc1cc(C)[n+](C)c([S-])n1.[Y]. The molecule has 1 aromatic heterocycles. The van der Waals surface area contributed by atoms with E-state index in [9.17, 15) is 0 Å². The van der Waals surface area contributed by atoms with Gasteiger partial charge < -0.3 is 12.6 Å². The second-order valence-electron chi connectivity index (χ2n) is 2.38. The summed E-state index contributed by atoms with van der Waals surface area (Å²) >= 11 is 4.98. The average Bonchev–Trinajstić information content (AvgIpc) is 1.82. The molecule has 0 N–H and O–H groups in total. The van der Waals surface area contributed by atoms with Crippen molar-refractivity contribution in [3.8, 4) is 0 Å². The van der Waals surface area contributed by atoms with Gasteiger partial charge in [-0.15, -0.1) is 0 Å². The molecule has 1 heterocycles. The Morgan fingerprint density at radius 1 is 1.42 bits per heavy atom. The molecule has 0 amide bonds. The Morgan fingerprint density at radius 2 is 1.92 bits per heavy atom. The maximum Gasteiger partial charge on any atom is 0.181 e. The fraction of sp³-hybridized carbons (Fsp3) is 0.500. The molecular formula is C8H14N2SY. The van der Waals surface area contributed by atoms with Crippen LogP contribution in [0.15, 0.2) is 11.2 Å². The van der Waals surface area contributed by atoms with Gasteiger partial charge in [-0.2, -0.15) is 0 Å². The second kappa shape index (κ2) is 5.95. The van der Waals surface area contributed by atoms with Gasteiger partial charge in [0, 0.05) is 45.7 Å². The third-order valence-corrected chi connectivity index (χ3v) is 1.87. The maximum absolute atomic E-state index is 4.98. The molecule has 65 valence electrons. The Labute approximate surface area is 105 Å². The zero-order chi connectivity index (χ0) is 7.72. The molecule has 0 aromatic carbocycles. The largest absolute Gasteiger partial charge is 0.688 e. The van der Waals surface area contributed by atoms with Crippen LogP contribution in [-0.4, -0.2) is 4.98 Å². The number of hydrogen-bond donors (Lipinski definition) is 0. The molecular weight excluding hydrogens is 245 g/mol. The van der Waals surface area contributed by atoms with Crippen molar-refractivity contribution in [3.63, 3.8) is 0 Å². The molecule has 12 heavy (non-hydrogen) atoms. The summed E-state index contributed by atoms with van der Waals surface area (Å²) in [5, 5.41) is 0.650. The molecule has 0 atom stereocenters. The van der Waals surface area contributed by atoms with Crippen LogP contribution in [0.2, 0.25) is 0 Å².